The third kappa shape index (κ3) is 4.08. The molecule has 0 aliphatic heterocycles. The van der Waals surface area contributed by atoms with Crippen molar-refractivity contribution in [3.63, 3.8) is 0 Å². The van der Waals surface area contributed by atoms with Gasteiger partial charge in [-0.15, -0.1) is 0 Å². The molecule has 1 N–H and O–H groups in total. The quantitative estimate of drug-likeness (QED) is 0.811. The fourth-order valence-electron chi connectivity index (χ4n) is 2.23. The van der Waals surface area contributed by atoms with Crippen LogP contribution in [0.25, 0.3) is 0 Å². The van der Waals surface area contributed by atoms with Gasteiger partial charge in [0.05, 0.1) is 10.6 Å². The molecular weight excluding hydrogens is 349 g/mol. The average molecular weight is 364 g/mol. The molecule has 1 fully saturated rings. The van der Waals surface area contributed by atoms with Crippen LogP contribution in [0.1, 0.15) is 34.9 Å². The molecule has 0 aromatic heterocycles. The molecule has 0 radical (unpaired) electrons. The lowest BCUT2D eigenvalue weighted by Crippen LogP contribution is -2.33. The Morgan fingerprint density at radius 3 is 2.42 bits per heavy atom. The van der Waals surface area contributed by atoms with Crippen LogP contribution in [-0.4, -0.2) is 17.9 Å². The fraction of sp³-hybridized carbons (Fsp3) is 0.222. The first-order chi connectivity index (χ1) is 11.5. The van der Waals surface area contributed by atoms with Crippen molar-refractivity contribution in [1.29, 1.82) is 0 Å². The lowest BCUT2D eigenvalue weighted by atomic mass is 10.1. The second-order valence-electron chi connectivity index (χ2n) is 5.60. The summed E-state index contributed by atoms with van der Waals surface area (Å²) < 4.78 is 5.46. The molecule has 1 unspecified atom stereocenters. The molecule has 1 atom stereocenters. The summed E-state index contributed by atoms with van der Waals surface area (Å²) in [5.41, 5.74) is 0.773. The molecule has 1 aliphatic carbocycles. The molecule has 0 bridgehead atoms. The molecule has 1 aliphatic rings. The minimum Gasteiger partial charge on any atom is -0.444 e. The van der Waals surface area contributed by atoms with Crippen molar-refractivity contribution < 1.29 is 14.3 Å². The Kier molecular flexibility index (Phi) is 5.07. The second kappa shape index (κ2) is 7.24. The molecule has 0 heterocycles. The van der Waals surface area contributed by atoms with Gasteiger partial charge >= 0.3 is 5.97 Å². The SMILES string of the molecule is O=C(OC(C(=O)NC1CC1)c1ccccc1)c1ccc(Cl)cc1Cl. The number of carbonyl (C=O) groups is 2. The van der Waals surface area contributed by atoms with E-state index in [1.54, 1.807) is 30.3 Å². The molecule has 4 nitrogen and oxygen atoms in total. The Morgan fingerprint density at radius 1 is 1.08 bits per heavy atom. The Morgan fingerprint density at radius 2 is 1.79 bits per heavy atom. The second-order valence-corrected chi connectivity index (χ2v) is 6.45. The van der Waals surface area contributed by atoms with Gasteiger partial charge in [0.25, 0.3) is 5.91 Å². The predicted octanol–water partition coefficient (Wildman–Crippen LogP) is 4.17. The largest absolute Gasteiger partial charge is 0.444 e. The molecule has 0 spiro atoms. The molecule has 124 valence electrons. The highest BCUT2D eigenvalue weighted by atomic mass is 35.5. The van der Waals surface area contributed by atoms with Gasteiger partial charge < -0.3 is 10.1 Å². The van der Waals surface area contributed by atoms with Gasteiger partial charge in [-0.05, 0) is 31.0 Å². The summed E-state index contributed by atoms with van der Waals surface area (Å²) >= 11 is 11.9. The van der Waals surface area contributed by atoms with E-state index in [1.165, 1.54) is 12.1 Å². The lowest BCUT2D eigenvalue weighted by molar-refractivity contribution is -0.130. The van der Waals surface area contributed by atoms with E-state index >= 15 is 0 Å². The number of hydrogen-bond donors (Lipinski definition) is 1. The van der Waals surface area contributed by atoms with Crippen molar-refractivity contribution in [1.82, 2.24) is 5.32 Å². The zero-order valence-corrected chi connectivity index (χ0v) is 14.2. The summed E-state index contributed by atoms with van der Waals surface area (Å²) in [5.74, 6) is -1.00. The smallest absolute Gasteiger partial charge is 0.340 e. The predicted molar refractivity (Wildman–Crippen MR) is 92.2 cm³/mol. The summed E-state index contributed by atoms with van der Waals surface area (Å²) in [6.07, 6.45) is 0.875. The first-order valence-electron chi connectivity index (χ1n) is 7.56. The number of amides is 1. The van der Waals surface area contributed by atoms with E-state index in [0.29, 0.717) is 10.6 Å². The number of nitrogens with one attached hydrogen (secondary N) is 1. The first kappa shape index (κ1) is 16.8. The van der Waals surface area contributed by atoms with Crippen LogP contribution in [-0.2, 0) is 9.53 Å². The Labute approximate surface area is 149 Å². The van der Waals surface area contributed by atoms with E-state index in [4.69, 9.17) is 27.9 Å². The Balaban J connectivity index is 1.82. The van der Waals surface area contributed by atoms with Crippen molar-refractivity contribution in [3.8, 4) is 0 Å². The minimum absolute atomic E-state index is 0.168. The number of carbonyl (C=O) groups excluding carboxylic acids is 2. The zero-order valence-electron chi connectivity index (χ0n) is 12.7. The third-order valence-electron chi connectivity index (χ3n) is 3.64. The average Bonchev–Trinajstić information content (AvgIpc) is 3.37. The van der Waals surface area contributed by atoms with E-state index in [0.717, 1.165) is 12.8 Å². The third-order valence-corrected chi connectivity index (χ3v) is 4.19. The van der Waals surface area contributed by atoms with E-state index in [1.807, 2.05) is 6.07 Å². The van der Waals surface area contributed by atoms with E-state index in [-0.39, 0.29) is 22.5 Å². The number of esters is 1. The van der Waals surface area contributed by atoms with Crippen molar-refractivity contribution in [2.24, 2.45) is 0 Å². The summed E-state index contributed by atoms with van der Waals surface area (Å²) in [6.45, 7) is 0. The van der Waals surface area contributed by atoms with Crippen molar-refractivity contribution in [2.45, 2.75) is 25.0 Å². The van der Waals surface area contributed by atoms with Gasteiger partial charge in [-0.3, -0.25) is 4.79 Å². The normalized spacial score (nSPS) is 14.8. The molecule has 2 aromatic rings. The van der Waals surface area contributed by atoms with Crippen molar-refractivity contribution in [2.75, 3.05) is 0 Å². The monoisotopic (exact) mass is 363 g/mol. The summed E-state index contributed by atoms with van der Waals surface area (Å²) in [4.78, 5) is 24.9. The van der Waals surface area contributed by atoms with Crippen LogP contribution >= 0.6 is 23.2 Å². The number of hydrogen-bond acceptors (Lipinski definition) is 3. The molecule has 3 rings (SSSR count). The van der Waals surface area contributed by atoms with Crippen LogP contribution in [0, 0.1) is 0 Å². The van der Waals surface area contributed by atoms with Crippen LogP contribution in [0.4, 0.5) is 0 Å². The van der Waals surface area contributed by atoms with Crippen LogP contribution in [0.3, 0.4) is 0 Å². The highest BCUT2D eigenvalue weighted by Gasteiger charge is 2.31. The van der Waals surface area contributed by atoms with Crippen molar-refractivity contribution in [3.05, 3.63) is 69.7 Å². The molecule has 0 saturated heterocycles. The molecule has 1 amide bonds. The highest BCUT2D eigenvalue weighted by Crippen LogP contribution is 2.26. The number of ether oxygens (including phenoxy) is 1. The molecule has 1 saturated carbocycles. The lowest BCUT2D eigenvalue weighted by Gasteiger charge is -2.18. The topological polar surface area (TPSA) is 55.4 Å². The highest BCUT2D eigenvalue weighted by molar-refractivity contribution is 6.36. The first-order valence-corrected chi connectivity index (χ1v) is 8.31. The van der Waals surface area contributed by atoms with Crippen LogP contribution in [0.5, 0.6) is 0 Å². The van der Waals surface area contributed by atoms with Crippen LogP contribution < -0.4 is 5.32 Å². The maximum Gasteiger partial charge on any atom is 0.340 e. The molecule has 24 heavy (non-hydrogen) atoms. The van der Waals surface area contributed by atoms with Crippen LogP contribution in [0.15, 0.2) is 48.5 Å². The number of rotatable bonds is 5. The fourth-order valence-corrected chi connectivity index (χ4v) is 2.72. The van der Waals surface area contributed by atoms with Gasteiger partial charge in [0.15, 0.2) is 0 Å². The standard InChI is InChI=1S/C18H15Cl2NO3/c19-12-6-9-14(15(20)10-12)18(23)24-16(11-4-2-1-3-5-11)17(22)21-13-7-8-13/h1-6,9-10,13,16H,7-8H2,(H,21,22). The van der Waals surface area contributed by atoms with Crippen molar-refractivity contribution >= 4 is 35.1 Å². The number of halogens is 2. The maximum absolute atomic E-state index is 12.5. The maximum atomic E-state index is 12.5. The molecule has 6 heteroatoms. The van der Waals surface area contributed by atoms with Gasteiger partial charge in [-0.1, -0.05) is 53.5 Å². The van der Waals surface area contributed by atoms with Gasteiger partial charge in [-0.25, -0.2) is 4.79 Å². The Bertz CT molecular complexity index is 760. The summed E-state index contributed by atoms with van der Waals surface area (Å²) in [5, 5.41) is 3.46. The van der Waals surface area contributed by atoms with Gasteiger partial charge in [0.2, 0.25) is 6.10 Å². The van der Waals surface area contributed by atoms with Gasteiger partial charge in [-0.2, -0.15) is 0 Å². The van der Waals surface area contributed by atoms with E-state index in [9.17, 15) is 9.59 Å². The van der Waals surface area contributed by atoms with Gasteiger partial charge in [0.1, 0.15) is 0 Å². The summed E-state index contributed by atoms with van der Waals surface area (Å²) in [7, 11) is 0. The van der Waals surface area contributed by atoms with E-state index in [2.05, 4.69) is 5.32 Å². The van der Waals surface area contributed by atoms with Gasteiger partial charge in [0, 0.05) is 16.6 Å². The molecular formula is C18H15Cl2NO3. The minimum atomic E-state index is -1.02. The summed E-state index contributed by atoms with van der Waals surface area (Å²) in [6, 6.07) is 13.5. The molecule has 2 aromatic carbocycles. The number of benzene rings is 2. The van der Waals surface area contributed by atoms with Crippen LogP contribution in [0.2, 0.25) is 10.0 Å². The zero-order chi connectivity index (χ0) is 17.1. The Hall–Kier alpha value is -2.04. The van der Waals surface area contributed by atoms with E-state index < -0.39 is 12.1 Å².